The van der Waals surface area contributed by atoms with Gasteiger partial charge in [-0.2, -0.15) is 0 Å². The number of nitrogens with zero attached hydrogens (tertiary/aromatic N) is 1. The molecule has 70 valence electrons. The van der Waals surface area contributed by atoms with Gasteiger partial charge in [-0.3, -0.25) is 0 Å². The van der Waals surface area contributed by atoms with Crippen LogP contribution < -0.4 is 5.32 Å². The summed E-state index contributed by atoms with van der Waals surface area (Å²) in [7, 11) is 2.18. The standard InChI is InChI=1S/C9H18N2O/c1-3-8-9-6-11(2)5-7(12-9)4-10-8/h7-10H,3-6H2,1-2H3/t7-,8+,9-/m1/s1. The Morgan fingerprint density at radius 1 is 1.50 bits per heavy atom. The summed E-state index contributed by atoms with van der Waals surface area (Å²) < 4.78 is 5.89. The molecule has 3 nitrogen and oxygen atoms in total. The first-order valence-corrected chi connectivity index (χ1v) is 4.87. The molecule has 12 heavy (non-hydrogen) atoms. The van der Waals surface area contributed by atoms with Gasteiger partial charge >= 0.3 is 0 Å². The Balaban J connectivity index is 2.00. The molecule has 2 bridgehead atoms. The third kappa shape index (κ3) is 1.49. The molecule has 0 amide bonds. The van der Waals surface area contributed by atoms with E-state index < -0.39 is 0 Å². The Bertz CT molecular complexity index is 161. The van der Waals surface area contributed by atoms with Gasteiger partial charge in [0.05, 0.1) is 12.2 Å². The quantitative estimate of drug-likeness (QED) is 0.602. The molecule has 2 heterocycles. The second-order valence-corrected chi connectivity index (χ2v) is 3.94. The van der Waals surface area contributed by atoms with Crippen molar-refractivity contribution < 1.29 is 4.74 Å². The lowest BCUT2D eigenvalue weighted by molar-refractivity contribution is -0.118. The SMILES string of the molecule is CC[C@@H]1NC[C@@H]2CN(C)C[C@H]1O2. The van der Waals surface area contributed by atoms with Crippen molar-refractivity contribution in [2.24, 2.45) is 0 Å². The first-order valence-electron chi connectivity index (χ1n) is 4.87. The summed E-state index contributed by atoms with van der Waals surface area (Å²) in [5.74, 6) is 0. The number of hydrogen-bond donors (Lipinski definition) is 1. The van der Waals surface area contributed by atoms with E-state index in [0.717, 1.165) is 19.6 Å². The fraction of sp³-hybridized carbons (Fsp3) is 1.00. The fourth-order valence-corrected chi connectivity index (χ4v) is 2.22. The summed E-state index contributed by atoms with van der Waals surface area (Å²) in [6.45, 7) is 5.41. The normalized spacial score (nSPS) is 43.0. The van der Waals surface area contributed by atoms with Crippen molar-refractivity contribution in [1.82, 2.24) is 10.2 Å². The second-order valence-electron chi connectivity index (χ2n) is 3.94. The topological polar surface area (TPSA) is 24.5 Å². The molecule has 1 N–H and O–H groups in total. The lowest BCUT2D eigenvalue weighted by Crippen LogP contribution is -2.61. The highest BCUT2D eigenvalue weighted by molar-refractivity contribution is 4.90. The highest BCUT2D eigenvalue weighted by Crippen LogP contribution is 2.18. The molecule has 0 aliphatic carbocycles. The predicted molar refractivity (Wildman–Crippen MR) is 48.2 cm³/mol. The van der Waals surface area contributed by atoms with Gasteiger partial charge in [-0.15, -0.1) is 0 Å². The lowest BCUT2D eigenvalue weighted by Gasteiger charge is -2.44. The third-order valence-corrected chi connectivity index (χ3v) is 2.87. The Morgan fingerprint density at radius 3 is 3.08 bits per heavy atom. The number of morpholine rings is 2. The van der Waals surface area contributed by atoms with E-state index in [9.17, 15) is 0 Å². The minimum Gasteiger partial charge on any atom is -0.369 e. The summed E-state index contributed by atoms with van der Waals surface area (Å²) in [6, 6.07) is 0.573. The average molecular weight is 170 g/mol. The van der Waals surface area contributed by atoms with E-state index in [1.807, 2.05) is 0 Å². The smallest absolute Gasteiger partial charge is 0.0859 e. The molecule has 2 fully saturated rings. The van der Waals surface area contributed by atoms with Gasteiger partial charge in [-0.25, -0.2) is 0 Å². The minimum absolute atomic E-state index is 0.424. The van der Waals surface area contributed by atoms with Crippen LogP contribution in [0.4, 0.5) is 0 Å². The first-order chi connectivity index (χ1) is 5.79. The van der Waals surface area contributed by atoms with Crippen molar-refractivity contribution in [2.75, 3.05) is 26.7 Å². The summed E-state index contributed by atoms with van der Waals surface area (Å²) in [5, 5.41) is 3.54. The van der Waals surface area contributed by atoms with Crippen LogP contribution in [0, 0.1) is 0 Å². The molecule has 2 aliphatic rings. The van der Waals surface area contributed by atoms with Crippen LogP contribution in [0.1, 0.15) is 13.3 Å². The van der Waals surface area contributed by atoms with Crippen LogP contribution in [0.5, 0.6) is 0 Å². The average Bonchev–Trinajstić information content (AvgIpc) is 2.04. The van der Waals surface area contributed by atoms with E-state index in [1.54, 1.807) is 0 Å². The maximum absolute atomic E-state index is 5.89. The number of rotatable bonds is 1. The van der Waals surface area contributed by atoms with E-state index in [-0.39, 0.29) is 0 Å². The zero-order valence-corrected chi connectivity index (χ0v) is 7.92. The Labute approximate surface area is 74.1 Å². The van der Waals surface area contributed by atoms with E-state index in [4.69, 9.17) is 4.74 Å². The zero-order valence-electron chi connectivity index (χ0n) is 7.92. The molecule has 2 saturated heterocycles. The molecule has 0 aromatic heterocycles. The molecule has 0 saturated carbocycles. The van der Waals surface area contributed by atoms with Crippen LogP contribution in [0.2, 0.25) is 0 Å². The molecular formula is C9H18N2O. The molecule has 0 aromatic rings. The van der Waals surface area contributed by atoms with Gasteiger partial charge in [-0.1, -0.05) is 6.92 Å². The first kappa shape index (κ1) is 8.48. The summed E-state index contributed by atoms with van der Waals surface area (Å²) in [5.41, 5.74) is 0. The Morgan fingerprint density at radius 2 is 2.33 bits per heavy atom. The highest BCUT2D eigenvalue weighted by atomic mass is 16.5. The molecule has 2 rings (SSSR count). The lowest BCUT2D eigenvalue weighted by atomic mass is 10.0. The van der Waals surface area contributed by atoms with Crippen molar-refractivity contribution >= 4 is 0 Å². The fourth-order valence-electron chi connectivity index (χ4n) is 2.22. The zero-order chi connectivity index (χ0) is 8.55. The maximum atomic E-state index is 5.89. The van der Waals surface area contributed by atoms with Crippen LogP contribution in [0.25, 0.3) is 0 Å². The van der Waals surface area contributed by atoms with Crippen molar-refractivity contribution in [3.05, 3.63) is 0 Å². The maximum Gasteiger partial charge on any atom is 0.0859 e. The van der Waals surface area contributed by atoms with Gasteiger partial charge in [0.2, 0.25) is 0 Å². The summed E-state index contributed by atoms with van der Waals surface area (Å²) in [6.07, 6.45) is 2.02. The van der Waals surface area contributed by atoms with Gasteiger partial charge in [0.1, 0.15) is 0 Å². The van der Waals surface area contributed by atoms with Crippen LogP contribution in [-0.4, -0.2) is 49.8 Å². The van der Waals surface area contributed by atoms with Crippen molar-refractivity contribution in [3.63, 3.8) is 0 Å². The van der Waals surface area contributed by atoms with Crippen LogP contribution in [-0.2, 0) is 4.74 Å². The van der Waals surface area contributed by atoms with Crippen molar-refractivity contribution in [3.8, 4) is 0 Å². The monoisotopic (exact) mass is 170 g/mol. The minimum atomic E-state index is 0.424. The van der Waals surface area contributed by atoms with Gasteiger partial charge in [0.25, 0.3) is 0 Å². The number of ether oxygens (including phenoxy) is 1. The molecule has 2 aliphatic heterocycles. The second kappa shape index (κ2) is 3.32. The molecule has 0 unspecified atom stereocenters. The Kier molecular flexibility index (Phi) is 2.35. The van der Waals surface area contributed by atoms with E-state index >= 15 is 0 Å². The summed E-state index contributed by atoms with van der Waals surface area (Å²) >= 11 is 0. The molecule has 3 atom stereocenters. The largest absolute Gasteiger partial charge is 0.369 e. The number of fused-ring (bicyclic) bond motifs is 2. The summed E-state index contributed by atoms with van der Waals surface area (Å²) in [4.78, 5) is 2.38. The van der Waals surface area contributed by atoms with Gasteiger partial charge in [0, 0.05) is 25.7 Å². The number of likely N-dealkylation sites (N-methyl/N-ethyl adjacent to an activating group) is 1. The molecule has 0 radical (unpaired) electrons. The van der Waals surface area contributed by atoms with Gasteiger partial charge < -0.3 is 15.0 Å². The van der Waals surface area contributed by atoms with E-state index in [1.165, 1.54) is 6.42 Å². The molecule has 0 spiro atoms. The van der Waals surface area contributed by atoms with Crippen LogP contribution in [0.3, 0.4) is 0 Å². The number of hydrogen-bond acceptors (Lipinski definition) is 3. The third-order valence-electron chi connectivity index (χ3n) is 2.87. The Hall–Kier alpha value is -0.120. The van der Waals surface area contributed by atoms with Crippen molar-refractivity contribution in [1.29, 1.82) is 0 Å². The van der Waals surface area contributed by atoms with Gasteiger partial charge in [-0.05, 0) is 13.5 Å². The highest BCUT2D eigenvalue weighted by Gasteiger charge is 2.34. The number of nitrogens with one attached hydrogen (secondary N) is 1. The van der Waals surface area contributed by atoms with Crippen LogP contribution in [0.15, 0.2) is 0 Å². The van der Waals surface area contributed by atoms with Crippen LogP contribution >= 0.6 is 0 Å². The van der Waals surface area contributed by atoms with E-state index in [2.05, 4.69) is 24.2 Å². The molecular weight excluding hydrogens is 152 g/mol. The van der Waals surface area contributed by atoms with Gasteiger partial charge in [0.15, 0.2) is 0 Å². The predicted octanol–water partition coefficient (Wildman–Crippen LogP) is 0.0674. The van der Waals surface area contributed by atoms with Crippen molar-refractivity contribution in [2.45, 2.75) is 31.6 Å². The van der Waals surface area contributed by atoms with E-state index in [0.29, 0.717) is 18.2 Å². The molecule has 3 heteroatoms. The molecule has 0 aromatic carbocycles.